The Bertz CT molecular complexity index is 91.9. The van der Waals surface area contributed by atoms with Crippen molar-refractivity contribution in [1.29, 1.82) is 0 Å². The Balaban J connectivity index is 0. The molecule has 0 aromatic carbocycles. The maximum Gasteiger partial charge on any atom is 0.293 e. The standard InChI is InChI=1S/C5H8.C3H6O2/c1-3-5-4-2;1-2-5-3-4/h1H,4-5H2,2H3;3H,2H2,1H3. The minimum Gasteiger partial charge on any atom is -0.468 e. The van der Waals surface area contributed by atoms with Crippen molar-refractivity contribution in [2.24, 2.45) is 0 Å². The first-order valence-electron chi connectivity index (χ1n) is 3.32. The Morgan fingerprint density at radius 1 is 1.60 bits per heavy atom. The van der Waals surface area contributed by atoms with Gasteiger partial charge in [0.25, 0.3) is 6.47 Å². The maximum absolute atomic E-state index is 9.18. The number of unbranched alkanes of at least 4 members (excludes halogenated alkanes) is 1. The lowest BCUT2D eigenvalue weighted by Crippen LogP contribution is -1.80. The van der Waals surface area contributed by atoms with Crippen molar-refractivity contribution in [2.75, 3.05) is 6.61 Å². The van der Waals surface area contributed by atoms with E-state index in [1.807, 2.05) is 0 Å². The van der Waals surface area contributed by atoms with Gasteiger partial charge in [-0.3, -0.25) is 4.79 Å². The van der Waals surface area contributed by atoms with Crippen LogP contribution in [0.4, 0.5) is 0 Å². The van der Waals surface area contributed by atoms with Gasteiger partial charge in [-0.15, -0.1) is 12.3 Å². The highest BCUT2D eigenvalue weighted by Crippen LogP contribution is 1.77. The molecule has 0 N–H and O–H groups in total. The Labute approximate surface area is 62.6 Å². The van der Waals surface area contributed by atoms with E-state index in [1.54, 1.807) is 6.92 Å². The number of hydrogen-bond donors (Lipinski definition) is 0. The average Bonchev–Trinajstić information content (AvgIpc) is 1.93. The van der Waals surface area contributed by atoms with Crippen molar-refractivity contribution >= 4 is 6.47 Å². The zero-order valence-corrected chi connectivity index (χ0v) is 6.59. The molecule has 0 amide bonds. The average molecular weight is 142 g/mol. The van der Waals surface area contributed by atoms with E-state index < -0.39 is 0 Å². The minimum atomic E-state index is 0.431. The fourth-order valence-corrected chi connectivity index (χ4v) is 0.212. The smallest absolute Gasteiger partial charge is 0.293 e. The van der Waals surface area contributed by atoms with Crippen LogP contribution >= 0.6 is 0 Å². The molecule has 10 heavy (non-hydrogen) atoms. The Morgan fingerprint density at radius 3 is 2.20 bits per heavy atom. The zero-order valence-electron chi connectivity index (χ0n) is 6.59. The number of carbonyl (C=O) groups excluding carboxylic acids is 1. The molecule has 0 aliphatic heterocycles. The van der Waals surface area contributed by atoms with Crippen LogP contribution in [0.15, 0.2) is 0 Å². The first-order valence-corrected chi connectivity index (χ1v) is 3.32. The fourth-order valence-electron chi connectivity index (χ4n) is 0.212. The second kappa shape index (κ2) is 15.7. The molecule has 0 radical (unpaired) electrons. The summed E-state index contributed by atoms with van der Waals surface area (Å²) >= 11 is 0. The second-order valence-corrected chi connectivity index (χ2v) is 1.51. The van der Waals surface area contributed by atoms with Gasteiger partial charge in [0.1, 0.15) is 0 Å². The van der Waals surface area contributed by atoms with E-state index in [9.17, 15) is 4.79 Å². The van der Waals surface area contributed by atoms with Crippen LogP contribution in [0.5, 0.6) is 0 Å². The summed E-state index contributed by atoms with van der Waals surface area (Å²) in [6.07, 6.45) is 6.91. The third kappa shape index (κ3) is 27.8. The van der Waals surface area contributed by atoms with E-state index in [0.29, 0.717) is 13.1 Å². The summed E-state index contributed by atoms with van der Waals surface area (Å²) in [5.74, 6) is 2.52. The summed E-state index contributed by atoms with van der Waals surface area (Å²) in [6.45, 7) is 4.73. The molecule has 0 aliphatic rings. The van der Waals surface area contributed by atoms with Gasteiger partial charge in [-0.05, 0) is 13.3 Å². The van der Waals surface area contributed by atoms with Crippen LogP contribution < -0.4 is 0 Å². The molecule has 0 bridgehead atoms. The summed E-state index contributed by atoms with van der Waals surface area (Å²) in [6, 6.07) is 0. The van der Waals surface area contributed by atoms with Crippen molar-refractivity contribution in [3.63, 3.8) is 0 Å². The molecule has 0 aliphatic carbocycles. The van der Waals surface area contributed by atoms with Crippen LogP contribution in [0.25, 0.3) is 0 Å². The first-order chi connectivity index (χ1) is 4.83. The van der Waals surface area contributed by atoms with Gasteiger partial charge >= 0.3 is 0 Å². The Hall–Kier alpha value is -0.970. The molecule has 0 atom stereocenters. The molecule has 2 nitrogen and oxygen atoms in total. The lowest BCUT2D eigenvalue weighted by atomic mass is 10.4. The second-order valence-electron chi connectivity index (χ2n) is 1.51. The molecule has 0 saturated carbocycles. The SMILES string of the molecule is C#CCCC.CCOC=O. The van der Waals surface area contributed by atoms with Gasteiger partial charge in [0.2, 0.25) is 0 Å². The van der Waals surface area contributed by atoms with Crippen molar-refractivity contribution in [3.8, 4) is 12.3 Å². The Morgan fingerprint density at radius 2 is 2.20 bits per heavy atom. The molecule has 0 spiro atoms. The molecule has 0 aromatic heterocycles. The predicted molar refractivity (Wildman–Crippen MR) is 41.4 cm³/mol. The quantitative estimate of drug-likeness (QED) is 0.442. The Kier molecular flexibility index (Phi) is 18.5. The topological polar surface area (TPSA) is 26.3 Å². The van der Waals surface area contributed by atoms with Crippen LogP contribution in [0.2, 0.25) is 0 Å². The lowest BCUT2D eigenvalue weighted by Gasteiger charge is -1.79. The highest BCUT2D eigenvalue weighted by molar-refractivity contribution is 5.36. The van der Waals surface area contributed by atoms with E-state index in [-0.39, 0.29) is 0 Å². The number of ether oxygens (including phenoxy) is 1. The molecule has 0 saturated heterocycles. The van der Waals surface area contributed by atoms with Crippen LogP contribution in [0.3, 0.4) is 0 Å². The largest absolute Gasteiger partial charge is 0.468 e. The minimum absolute atomic E-state index is 0.431. The summed E-state index contributed by atoms with van der Waals surface area (Å²) in [4.78, 5) is 9.18. The van der Waals surface area contributed by atoms with Crippen LogP contribution in [0.1, 0.15) is 26.7 Å². The van der Waals surface area contributed by atoms with Crippen molar-refractivity contribution < 1.29 is 9.53 Å². The molecule has 0 heterocycles. The summed E-state index contributed by atoms with van der Waals surface area (Å²) in [5.41, 5.74) is 0. The summed E-state index contributed by atoms with van der Waals surface area (Å²) in [5, 5.41) is 0. The van der Waals surface area contributed by atoms with Gasteiger partial charge in [0.05, 0.1) is 6.61 Å². The molecule has 58 valence electrons. The highest BCUT2D eigenvalue weighted by atomic mass is 16.5. The van der Waals surface area contributed by atoms with E-state index >= 15 is 0 Å². The van der Waals surface area contributed by atoms with E-state index in [4.69, 9.17) is 6.42 Å². The molecule has 0 unspecified atom stereocenters. The number of hydrogen-bond acceptors (Lipinski definition) is 2. The number of terminal acetylenes is 1. The van der Waals surface area contributed by atoms with Crippen LogP contribution in [0, 0.1) is 12.3 Å². The fraction of sp³-hybridized carbons (Fsp3) is 0.625. The molecular weight excluding hydrogens is 128 g/mol. The summed E-state index contributed by atoms with van der Waals surface area (Å²) < 4.78 is 4.15. The van der Waals surface area contributed by atoms with E-state index in [1.165, 1.54) is 0 Å². The first kappa shape index (κ1) is 11.8. The van der Waals surface area contributed by atoms with Crippen molar-refractivity contribution in [1.82, 2.24) is 0 Å². The third-order valence-corrected chi connectivity index (χ3v) is 0.629. The summed E-state index contributed by atoms with van der Waals surface area (Å²) in [7, 11) is 0. The van der Waals surface area contributed by atoms with Gasteiger partial charge in [0, 0.05) is 6.42 Å². The molecule has 0 rings (SSSR count). The van der Waals surface area contributed by atoms with Gasteiger partial charge in [-0.25, -0.2) is 0 Å². The van der Waals surface area contributed by atoms with Gasteiger partial charge in [-0.1, -0.05) is 6.92 Å². The van der Waals surface area contributed by atoms with Crippen molar-refractivity contribution in [2.45, 2.75) is 26.7 Å². The third-order valence-electron chi connectivity index (χ3n) is 0.629. The number of rotatable bonds is 3. The van der Waals surface area contributed by atoms with Gasteiger partial charge in [-0.2, -0.15) is 0 Å². The van der Waals surface area contributed by atoms with Crippen LogP contribution in [-0.4, -0.2) is 13.1 Å². The predicted octanol–water partition coefficient (Wildman–Crippen LogP) is 1.60. The normalized spacial score (nSPS) is 6.50. The highest BCUT2D eigenvalue weighted by Gasteiger charge is 1.61. The van der Waals surface area contributed by atoms with E-state index in [0.717, 1.165) is 12.8 Å². The molecule has 0 aromatic rings. The van der Waals surface area contributed by atoms with Crippen LogP contribution in [-0.2, 0) is 9.53 Å². The van der Waals surface area contributed by atoms with Crippen molar-refractivity contribution in [3.05, 3.63) is 0 Å². The van der Waals surface area contributed by atoms with Gasteiger partial charge < -0.3 is 4.74 Å². The monoisotopic (exact) mass is 142 g/mol. The lowest BCUT2D eigenvalue weighted by molar-refractivity contribution is -0.128. The molecule has 2 heteroatoms. The zero-order chi connectivity index (χ0) is 8.24. The molecular formula is C8H14O2. The molecule has 0 fully saturated rings. The number of carbonyl (C=O) groups is 1. The maximum atomic E-state index is 9.18. The van der Waals surface area contributed by atoms with Gasteiger partial charge in [0.15, 0.2) is 0 Å². The van der Waals surface area contributed by atoms with E-state index in [2.05, 4.69) is 17.6 Å².